The lowest BCUT2D eigenvalue weighted by Gasteiger charge is -2.11. The number of ether oxygens (including phenoxy) is 3. The average Bonchev–Trinajstić information content (AvgIpc) is 2.85. The fraction of sp³-hybridized carbons (Fsp3) is 0.192. The van der Waals surface area contributed by atoms with E-state index in [1.165, 1.54) is 6.21 Å². The molecule has 7 nitrogen and oxygen atoms in total. The number of nitrogens with one attached hydrogen (secondary N) is 1. The van der Waals surface area contributed by atoms with Crippen LogP contribution in [0.1, 0.15) is 46.5 Å². The molecule has 0 saturated carbocycles. The van der Waals surface area contributed by atoms with Crippen molar-refractivity contribution in [2.45, 2.75) is 20.3 Å². The van der Waals surface area contributed by atoms with Gasteiger partial charge in [-0.2, -0.15) is 5.10 Å². The first-order chi connectivity index (χ1) is 16.1. The maximum atomic E-state index is 12.4. The molecular formula is C26H26N2O5. The van der Waals surface area contributed by atoms with Gasteiger partial charge in [0.2, 0.25) is 0 Å². The van der Waals surface area contributed by atoms with Crippen LogP contribution in [0.3, 0.4) is 0 Å². The molecule has 0 aromatic heterocycles. The van der Waals surface area contributed by atoms with Gasteiger partial charge in [-0.1, -0.05) is 25.1 Å². The van der Waals surface area contributed by atoms with Gasteiger partial charge in [-0.3, -0.25) is 4.79 Å². The van der Waals surface area contributed by atoms with Gasteiger partial charge < -0.3 is 14.2 Å². The second-order valence-corrected chi connectivity index (χ2v) is 6.97. The Labute approximate surface area is 193 Å². The summed E-state index contributed by atoms with van der Waals surface area (Å²) in [7, 11) is 0. The Kier molecular flexibility index (Phi) is 8.59. The van der Waals surface area contributed by atoms with Crippen LogP contribution in [0.15, 0.2) is 77.9 Å². The van der Waals surface area contributed by atoms with E-state index >= 15 is 0 Å². The summed E-state index contributed by atoms with van der Waals surface area (Å²) in [5.41, 5.74) is 4.07. The zero-order valence-corrected chi connectivity index (χ0v) is 18.6. The Morgan fingerprint density at radius 3 is 2.33 bits per heavy atom. The van der Waals surface area contributed by atoms with Crippen LogP contribution in [0.25, 0.3) is 0 Å². The Morgan fingerprint density at radius 1 is 0.879 bits per heavy atom. The number of hydrogen-bond acceptors (Lipinski definition) is 6. The number of benzene rings is 3. The van der Waals surface area contributed by atoms with Gasteiger partial charge in [0.15, 0.2) is 11.5 Å². The predicted molar refractivity (Wildman–Crippen MR) is 126 cm³/mol. The highest BCUT2D eigenvalue weighted by molar-refractivity contribution is 5.95. The van der Waals surface area contributed by atoms with Crippen molar-refractivity contribution in [3.63, 3.8) is 0 Å². The Hall–Kier alpha value is -4.13. The van der Waals surface area contributed by atoms with Crippen LogP contribution >= 0.6 is 0 Å². The summed E-state index contributed by atoms with van der Waals surface area (Å²) < 4.78 is 16.6. The second-order valence-electron chi connectivity index (χ2n) is 6.97. The van der Waals surface area contributed by atoms with Gasteiger partial charge in [0.05, 0.1) is 25.0 Å². The Balaban J connectivity index is 1.63. The number of carbonyl (C=O) groups is 2. The predicted octanol–water partition coefficient (Wildman–Crippen LogP) is 4.86. The molecule has 0 atom stereocenters. The van der Waals surface area contributed by atoms with Crippen LogP contribution in [0, 0.1) is 0 Å². The molecule has 0 fully saturated rings. The molecule has 0 aliphatic carbocycles. The highest BCUT2D eigenvalue weighted by Crippen LogP contribution is 2.29. The summed E-state index contributed by atoms with van der Waals surface area (Å²) in [4.78, 5) is 24.6. The number of hydrazone groups is 1. The van der Waals surface area contributed by atoms with Crippen LogP contribution in [0.5, 0.6) is 17.2 Å². The number of nitrogens with zero attached hydrogens (tertiary/aromatic N) is 1. The van der Waals surface area contributed by atoms with Crippen LogP contribution in [0.4, 0.5) is 0 Å². The summed E-state index contributed by atoms with van der Waals surface area (Å²) in [6, 6.07) is 20.6. The van der Waals surface area contributed by atoms with E-state index in [0.717, 1.165) is 6.42 Å². The fourth-order valence-corrected chi connectivity index (χ4v) is 2.84. The van der Waals surface area contributed by atoms with E-state index in [4.69, 9.17) is 14.2 Å². The third kappa shape index (κ3) is 6.93. The molecule has 0 heterocycles. The van der Waals surface area contributed by atoms with Crippen molar-refractivity contribution in [3.05, 3.63) is 89.5 Å². The molecule has 7 heteroatoms. The third-order valence-electron chi connectivity index (χ3n) is 4.45. The van der Waals surface area contributed by atoms with Gasteiger partial charge in [0.1, 0.15) is 5.75 Å². The molecule has 0 unspecified atom stereocenters. The molecule has 3 aromatic rings. The smallest absolute Gasteiger partial charge is 0.343 e. The molecule has 3 aromatic carbocycles. The molecule has 0 spiro atoms. The van der Waals surface area contributed by atoms with E-state index < -0.39 is 5.97 Å². The molecule has 0 saturated heterocycles. The minimum Gasteiger partial charge on any atom is -0.494 e. The Bertz CT molecular complexity index is 1100. The second kappa shape index (κ2) is 12.0. The first-order valence-electron chi connectivity index (χ1n) is 10.7. The van der Waals surface area contributed by atoms with E-state index in [-0.39, 0.29) is 5.91 Å². The number of hydrogen-bond donors (Lipinski definition) is 1. The van der Waals surface area contributed by atoms with Gasteiger partial charge in [-0.05, 0) is 73.5 Å². The minimum atomic E-state index is -0.476. The van der Waals surface area contributed by atoms with Crippen LogP contribution in [-0.4, -0.2) is 31.3 Å². The normalized spacial score (nSPS) is 10.6. The molecule has 170 valence electrons. The third-order valence-corrected chi connectivity index (χ3v) is 4.45. The summed E-state index contributed by atoms with van der Waals surface area (Å²) in [6.45, 7) is 4.89. The number of carbonyl (C=O) groups excluding carboxylic acids is 2. The summed E-state index contributed by atoms with van der Waals surface area (Å²) in [5.74, 6) is 0.605. The molecular weight excluding hydrogens is 420 g/mol. The van der Waals surface area contributed by atoms with Gasteiger partial charge in [0.25, 0.3) is 5.91 Å². The highest BCUT2D eigenvalue weighted by Gasteiger charge is 2.13. The fourth-order valence-electron chi connectivity index (χ4n) is 2.84. The van der Waals surface area contributed by atoms with Crippen molar-refractivity contribution in [1.82, 2.24) is 5.43 Å². The lowest BCUT2D eigenvalue weighted by Crippen LogP contribution is -2.17. The van der Waals surface area contributed by atoms with E-state index in [2.05, 4.69) is 10.5 Å². The molecule has 3 rings (SSSR count). The van der Waals surface area contributed by atoms with Gasteiger partial charge >= 0.3 is 5.97 Å². The average molecular weight is 447 g/mol. The van der Waals surface area contributed by atoms with Crippen molar-refractivity contribution < 1.29 is 23.8 Å². The summed E-state index contributed by atoms with van der Waals surface area (Å²) in [6.07, 6.45) is 2.40. The lowest BCUT2D eigenvalue weighted by molar-refractivity contribution is 0.0728. The van der Waals surface area contributed by atoms with Gasteiger partial charge in [0, 0.05) is 5.56 Å². The molecule has 0 aliphatic heterocycles. The van der Waals surface area contributed by atoms with Crippen LogP contribution in [0.2, 0.25) is 0 Å². The molecule has 0 aliphatic rings. The molecule has 0 radical (unpaired) electrons. The maximum Gasteiger partial charge on any atom is 0.343 e. The largest absolute Gasteiger partial charge is 0.494 e. The van der Waals surface area contributed by atoms with E-state index in [0.29, 0.717) is 47.2 Å². The quantitative estimate of drug-likeness (QED) is 0.208. The van der Waals surface area contributed by atoms with Crippen molar-refractivity contribution in [2.24, 2.45) is 5.10 Å². The first-order valence-corrected chi connectivity index (χ1v) is 10.7. The summed E-state index contributed by atoms with van der Waals surface area (Å²) in [5, 5.41) is 4.01. The number of rotatable bonds is 10. The van der Waals surface area contributed by atoms with Crippen molar-refractivity contribution in [2.75, 3.05) is 13.2 Å². The highest BCUT2D eigenvalue weighted by atomic mass is 16.6. The lowest BCUT2D eigenvalue weighted by atomic mass is 10.2. The number of amides is 1. The zero-order valence-electron chi connectivity index (χ0n) is 18.6. The van der Waals surface area contributed by atoms with Crippen LogP contribution < -0.4 is 19.6 Å². The zero-order chi connectivity index (χ0) is 23.5. The number of esters is 1. The minimum absolute atomic E-state index is 0.303. The van der Waals surface area contributed by atoms with Crippen LogP contribution in [-0.2, 0) is 0 Å². The van der Waals surface area contributed by atoms with E-state index in [9.17, 15) is 9.59 Å². The SMILES string of the molecule is CCCOc1ccc(C(=O)N/N=C/c2ccc(OC(=O)c3ccccc3)c(OCC)c2)cc1. The van der Waals surface area contributed by atoms with Crippen molar-refractivity contribution in [3.8, 4) is 17.2 Å². The van der Waals surface area contributed by atoms with Crippen molar-refractivity contribution >= 4 is 18.1 Å². The summed E-state index contributed by atoms with van der Waals surface area (Å²) >= 11 is 0. The van der Waals surface area contributed by atoms with E-state index in [1.807, 2.05) is 19.9 Å². The molecule has 33 heavy (non-hydrogen) atoms. The van der Waals surface area contributed by atoms with Gasteiger partial charge in [-0.15, -0.1) is 0 Å². The molecule has 1 N–H and O–H groups in total. The monoisotopic (exact) mass is 446 g/mol. The Morgan fingerprint density at radius 2 is 1.64 bits per heavy atom. The van der Waals surface area contributed by atoms with Gasteiger partial charge in [-0.25, -0.2) is 10.2 Å². The molecule has 1 amide bonds. The molecule has 0 bridgehead atoms. The standard InChI is InChI=1S/C26H26N2O5/c1-3-16-32-22-13-11-20(12-14-22)25(29)28-27-18-19-10-15-23(24(17-19)31-4-2)33-26(30)21-8-6-5-7-9-21/h5-15,17-18H,3-4,16H2,1-2H3,(H,28,29)/b27-18+. The van der Waals surface area contributed by atoms with E-state index in [1.54, 1.807) is 66.7 Å². The topological polar surface area (TPSA) is 86.2 Å². The van der Waals surface area contributed by atoms with Crippen molar-refractivity contribution in [1.29, 1.82) is 0 Å². The first kappa shape index (κ1) is 23.5. The maximum absolute atomic E-state index is 12.4.